The van der Waals surface area contributed by atoms with Crippen molar-refractivity contribution in [3.63, 3.8) is 0 Å². The van der Waals surface area contributed by atoms with Gasteiger partial charge >= 0.3 is 0 Å². The third-order valence-corrected chi connectivity index (χ3v) is 3.53. The van der Waals surface area contributed by atoms with E-state index in [0.717, 1.165) is 25.6 Å². The number of nitrogens with one attached hydrogen (secondary N) is 1. The van der Waals surface area contributed by atoms with Gasteiger partial charge in [0.05, 0.1) is 0 Å². The van der Waals surface area contributed by atoms with Crippen LogP contribution in [-0.4, -0.2) is 57.6 Å². The maximum atomic E-state index is 5.29. The van der Waals surface area contributed by atoms with E-state index in [1.807, 2.05) is 0 Å². The van der Waals surface area contributed by atoms with E-state index in [0.29, 0.717) is 6.04 Å². The van der Waals surface area contributed by atoms with Crippen molar-refractivity contribution >= 4 is 0 Å². The largest absolute Gasteiger partial charge is 0.355 e. The average molecular weight is 244 g/mol. The molecule has 1 fully saturated rings. The lowest BCUT2D eigenvalue weighted by atomic mass is 9.98. The molecule has 1 heterocycles. The summed E-state index contributed by atoms with van der Waals surface area (Å²) in [7, 11) is 3.41. The number of nitrogens with zero attached hydrogens (tertiary/aromatic N) is 1. The fourth-order valence-electron chi connectivity index (χ4n) is 2.34. The number of piperidine rings is 1. The molecule has 0 bridgehead atoms. The van der Waals surface area contributed by atoms with Crippen molar-refractivity contribution in [3.8, 4) is 0 Å². The first-order chi connectivity index (χ1) is 8.17. The van der Waals surface area contributed by atoms with Gasteiger partial charge in [-0.15, -0.1) is 0 Å². The monoisotopic (exact) mass is 244 g/mol. The highest BCUT2D eigenvalue weighted by atomic mass is 16.7. The van der Waals surface area contributed by atoms with Gasteiger partial charge in [-0.2, -0.15) is 0 Å². The lowest BCUT2D eigenvalue weighted by Crippen LogP contribution is -2.44. The van der Waals surface area contributed by atoms with Crippen LogP contribution in [0.3, 0.4) is 0 Å². The smallest absolute Gasteiger partial charge is 0.169 e. The summed E-state index contributed by atoms with van der Waals surface area (Å²) in [5.74, 6) is 0.764. The lowest BCUT2D eigenvalue weighted by Gasteiger charge is -2.34. The molecule has 0 aromatic carbocycles. The molecule has 0 aromatic rings. The third kappa shape index (κ3) is 5.34. The molecule has 0 saturated carbocycles. The summed E-state index contributed by atoms with van der Waals surface area (Å²) in [5, 5.41) is 3.47. The summed E-state index contributed by atoms with van der Waals surface area (Å²) >= 11 is 0. The van der Waals surface area contributed by atoms with Gasteiger partial charge in [0.25, 0.3) is 0 Å². The lowest BCUT2D eigenvalue weighted by molar-refractivity contribution is -0.120. The number of methoxy groups -OCH3 is 2. The highest BCUT2D eigenvalue weighted by Crippen LogP contribution is 2.14. The Labute approximate surface area is 106 Å². The topological polar surface area (TPSA) is 33.7 Å². The highest BCUT2D eigenvalue weighted by Gasteiger charge is 2.21. The second-order valence-corrected chi connectivity index (χ2v) is 5.16. The Kier molecular flexibility index (Phi) is 7.04. The number of hydrogen-bond donors (Lipinski definition) is 1. The predicted molar refractivity (Wildman–Crippen MR) is 70.1 cm³/mol. The van der Waals surface area contributed by atoms with Crippen molar-refractivity contribution in [1.29, 1.82) is 0 Å². The number of rotatable bonds is 7. The van der Waals surface area contributed by atoms with Gasteiger partial charge in [-0.25, -0.2) is 0 Å². The molecule has 0 amide bonds. The minimum atomic E-state index is -0.117. The summed E-state index contributed by atoms with van der Waals surface area (Å²) in [6, 6.07) is 0.532. The quantitative estimate of drug-likeness (QED) is 0.685. The molecule has 4 heteroatoms. The van der Waals surface area contributed by atoms with Crippen LogP contribution in [0.5, 0.6) is 0 Å². The predicted octanol–water partition coefficient (Wildman–Crippen LogP) is 1.32. The van der Waals surface area contributed by atoms with E-state index in [1.165, 1.54) is 19.4 Å². The van der Waals surface area contributed by atoms with E-state index >= 15 is 0 Å². The Bertz CT molecular complexity index is 190. The van der Waals surface area contributed by atoms with Crippen molar-refractivity contribution in [2.75, 3.05) is 40.4 Å². The van der Waals surface area contributed by atoms with Gasteiger partial charge in [-0.05, 0) is 45.7 Å². The van der Waals surface area contributed by atoms with Gasteiger partial charge < -0.3 is 14.8 Å². The van der Waals surface area contributed by atoms with Crippen molar-refractivity contribution in [1.82, 2.24) is 10.2 Å². The number of ether oxygens (including phenoxy) is 2. The minimum absolute atomic E-state index is 0.117. The Morgan fingerprint density at radius 2 is 2.00 bits per heavy atom. The Hall–Kier alpha value is -0.160. The van der Waals surface area contributed by atoms with Crippen LogP contribution in [-0.2, 0) is 9.47 Å². The second-order valence-electron chi connectivity index (χ2n) is 5.16. The Morgan fingerprint density at radius 3 is 2.47 bits per heavy atom. The molecule has 4 nitrogen and oxygen atoms in total. The first-order valence-electron chi connectivity index (χ1n) is 6.67. The van der Waals surface area contributed by atoms with Crippen LogP contribution in [0.25, 0.3) is 0 Å². The van der Waals surface area contributed by atoms with Crippen LogP contribution in [0.15, 0.2) is 0 Å². The maximum Gasteiger partial charge on any atom is 0.169 e. The van der Waals surface area contributed by atoms with E-state index in [1.54, 1.807) is 14.2 Å². The Balaban J connectivity index is 2.41. The minimum Gasteiger partial charge on any atom is -0.355 e. The molecular weight excluding hydrogens is 216 g/mol. The molecule has 0 radical (unpaired) electrons. The van der Waals surface area contributed by atoms with Gasteiger partial charge in [-0.3, -0.25) is 4.90 Å². The summed E-state index contributed by atoms with van der Waals surface area (Å²) in [5.41, 5.74) is 0. The molecule has 1 atom stereocenters. The van der Waals surface area contributed by atoms with Gasteiger partial charge in [-0.1, -0.05) is 0 Å². The summed E-state index contributed by atoms with van der Waals surface area (Å²) in [6.45, 7) is 8.77. The van der Waals surface area contributed by atoms with Crippen LogP contribution >= 0.6 is 0 Å². The van der Waals surface area contributed by atoms with Gasteiger partial charge in [0.15, 0.2) is 6.29 Å². The molecule has 1 N–H and O–H groups in total. The third-order valence-electron chi connectivity index (χ3n) is 3.53. The van der Waals surface area contributed by atoms with Crippen molar-refractivity contribution < 1.29 is 9.47 Å². The fourth-order valence-corrected chi connectivity index (χ4v) is 2.34. The molecule has 1 aliphatic rings. The van der Waals surface area contributed by atoms with Crippen molar-refractivity contribution in [2.45, 2.75) is 39.0 Å². The molecule has 1 saturated heterocycles. The van der Waals surface area contributed by atoms with Gasteiger partial charge in [0, 0.05) is 33.4 Å². The van der Waals surface area contributed by atoms with E-state index < -0.39 is 0 Å². The van der Waals surface area contributed by atoms with E-state index in [4.69, 9.17) is 9.47 Å². The number of hydrogen-bond acceptors (Lipinski definition) is 4. The molecule has 1 aliphatic heterocycles. The molecule has 1 unspecified atom stereocenters. The standard InChI is InChI=1S/C13H28N2O2/c1-11(2)15(10-13(16-3)17-4)9-12-6-5-7-14-8-12/h11-14H,5-10H2,1-4H3. The Morgan fingerprint density at radius 1 is 1.29 bits per heavy atom. The molecule has 0 aliphatic carbocycles. The first-order valence-corrected chi connectivity index (χ1v) is 6.67. The first kappa shape index (κ1) is 14.9. The summed E-state index contributed by atoms with van der Waals surface area (Å²) in [4.78, 5) is 2.45. The molecule has 0 spiro atoms. The van der Waals surface area contributed by atoms with E-state index in [9.17, 15) is 0 Å². The second kappa shape index (κ2) is 8.03. The summed E-state index contributed by atoms with van der Waals surface area (Å²) < 4.78 is 10.6. The van der Waals surface area contributed by atoms with E-state index in [-0.39, 0.29) is 6.29 Å². The van der Waals surface area contributed by atoms with Crippen molar-refractivity contribution in [2.24, 2.45) is 5.92 Å². The molecule has 0 aromatic heterocycles. The van der Waals surface area contributed by atoms with Crippen LogP contribution in [0.4, 0.5) is 0 Å². The molecule has 1 rings (SSSR count). The maximum absolute atomic E-state index is 5.29. The van der Waals surface area contributed by atoms with Gasteiger partial charge in [0.2, 0.25) is 0 Å². The normalized spacial score (nSPS) is 21.7. The molecular formula is C13H28N2O2. The van der Waals surface area contributed by atoms with Crippen LogP contribution in [0.1, 0.15) is 26.7 Å². The summed E-state index contributed by atoms with van der Waals surface area (Å²) in [6.07, 6.45) is 2.52. The average Bonchev–Trinajstić information content (AvgIpc) is 2.35. The SMILES string of the molecule is COC(CN(CC1CCCNC1)C(C)C)OC. The van der Waals surface area contributed by atoms with Crippen LogP contribution in [0.2, 0.25) is 0 Å². The van der Waals surface area contributed by atoms with Crippen LogP contribution < -0.4 is 5.32 Å². The zero-order chi connectivity index (χ0) is 12.7. The zero-order valence-electron chi connectivity index (χ0n) is 11.7. The van der Waals surface area contributed by atoms with Crippen molar-refractivity contribution in [3.05, 3.63) is 0 Å². The zero-order valence-corrected chi connectivity index (χ0v) is 11.7. The fraction of sp³-hybridized carbons (Fsp3) is 1.00. The van der Waals surface area contributed by atoms with Gasteiger partial charge in [0.1, 0.15) is 0 Å². The van der Waals surface area contributed by atoms with Crippen LogP contribution in [0, 0.1) is 5.92 Å². The highest BCUT2D eigenvalue weighted by molar-refractivity contribution is 4.75. The van der Waals surface area contributed by atoms with E-state index in [2.05, 4.69) is 24.1 Å². The molecule has 17 heavy (non-hydrogen) atoms. The molecule has 102 valence electrons.